The third-order valence-electron chi connectivity index (χ3n) is 4.28. The Labute approximate surface area is 133 Å². The molecule has 3 heterocycles. The second-order valence-corrected chi connectivity index (χ2v) is 5.81. The molecule has 0 spiro atoms. The lowest BCUT2D eigenvalue weighted by atomic mass is 10.1. The van der Waals surface area contributed by atoms with Gasteiger partial charge in [-0.3, -0.25) is 14.4 Å². The van der Waals surface area contributed by atoms with Gasteiger partial charge in [-0.1, -0.05) is 0 Å². The Bertz CT molecular complexity index is 666. The molecule has 8 nitrogen and oxygen atoms in total. The fourth-order valence-electron chi connectivity index (χ4n) is 3.05. The highest BCUT2D eigenvalue weighted by Gasteiger charge is 2.38. The molecule has 2 amide bonds. The van der Waals surface area contributed by atoms with Gasteiger partial charge in [0.15, 0.2) is 0 Å². The molecule has 0 aromatic carbocycles. The zero-order valence-corrected chi connectivity index (χ0v) is 13.1. The molecule has 0 saturated carbocycles. The molecule has 2 aliphatic heterocycles. The van der Waals surface area contributed by atoms with Gasteiger partial charge in [-0.2, -0.15) is 0 Å². The number of rotatable bonds is 2. The van der Waals surface area contributed by atoms with Crippen LogP contribution in [0.2, 0.25) is 0 Å². The van der Waals surface area contributed by atoms with E-state index in [1.165, 1.54) is 11.1 Å². The molecule has 1 aromatic rings. The minimum atomic E-state index is -0.499. The summed E-state index contributed by atoms with van der Waals surface area (Å²) in [5, 5.41) is 0. The molecule has 124 valence electrons. The van der Waals surface area contributed by atoms with E-state index in [2.05, 4.69) is 9.97 Å². The van der Waals surface area contributed by atoms with Crippen molar-refractivity contribution in [3.63, 3.8) is 0 Å². The van der Waals surface area contributed by atoms with Crippen LogP contribution in [0.25, 0.3) is 0 Å². The molecule has 3 rings (SSSR count). The summed E-state index contributed by atoms with van der Waals surface area (Å²) in [6, 6.07) is -0.499. The van der Waals surface area contributed by atoms with Gasteiger partial charge in [0.05, 0.1) is 13.2 Å². The van der Waals surface area contributed by atoms with Gasteiger partial charge in [-0.05, 0) is 19.8 Å². The van der Waals surface area contributed by atoms with Crippen molar-refractivity contribution in [2.24, 2.45) is 0 Å². The topological polar surface area (TPSA) is 95.6 Å². The first-order valence-electron chi connectivity index (χ1n) is 7.81. The summed E-state index contributed by atoms with van der Waals surface area (Å²) in [5.41, 5.74) is -0.482. The van der Waals surface area contributed by atoms with E-state index in [4.69, 9.17) is 4.74 Å². The smallest absolute Gasteiger partial charge is 0.263 e. The maximum absolute atomic E-state index is 12.7. The molecule has 8 heteroatoms. The van der Waals surface area contributed by atoms with Gasteiger partial charge in [-0.15, -0.1) is 0 Å². The lowest BCUT2D eigenvalue weighted by Gasteiger charge is -2.32. The van der Waals surface area contributed by atoms with Gasteiger partial charge < -0.3 is 19.5 Å². The monoisotopic (exact) mass is 320 g/mol. The number of aromatic nitrogens is 2. The maximum Gasteiger partial charge on any atom is 0.263 e. The largest absolute Gasteiger partial charge is 0.378 e. The van der Waals surface area contributed by atoms with Crippen molar-refractivity contribution < 1.29 is 14.3 Å². The van der Waals surface area contributed by atoms with Crippen LogP contribution in [0.4, 0.5) is 0 Å². The molecule has 2 aliphatic rings. The molecule has 0 radical (unpaired) electrons. The number of H-pyrrole nitrogens is 1. The minimum Gasteiger partial charge on any atom is -0.378 e. The fourth-order valence-corrected chi connectivity index (χ4v) is 3.05. The van der Waals surface area contributed by atoms with Crippen LogP contribution in [0.3, 0.4) is 0 Å². The average molecular weight is 320 g/mol. The van der Waals surface area contributed by atoms with Crippen LogP contribution in [-0.4, -0.2) is 70.5 Å². The summed E-state index contributed by atoms with van der Waals surface area (Å²) < 4.78 is 5.25. The van der Waals surface area contributed by atoms with E-state index in [-0.39, 0.29) is 11.5 Å². The number of carbonyl (C=O) groups excluding carboxylic acids is 2. The molecule has 0 aliphatic carbocycles. The molecule has 1 N–H and O–H groups in total. The van der Waals surface area contributed by atoms with Crippen LogP contribution in [0.15, 0.2) is 11.0 Å². The number of hydrogen-bond donors (Lipinski definition) is 1. The quantitative estimate of drug-likeness (QED) is 0.796. The van der Waals surface area contributed by atoms with Crippen molar-refractivity contribution >= 4 is 11.8 Å². The third-order valence-corrected chi connectivity index (χ3v) is 4.28. The molecule has 2 fully saturated rings. The van der Waals surface area contributed by atoms with Gasteiger partial charge >= 0.3 is 0 Å². The van der Waals surface area contributed by atoms with Crippen LogP contribution < -0.4 is 5.56 Å². The van der Waals surface area contributed by atoms with E-state index in [1.807, 2.05) is 0 Å². The van der Waals surface area contributed by atoms with Crippen molar-refractivity contribution in [2.45, 2.75) is 25.8 Å². The summed E-state index contributed by atoms with van der Waals surface area (Å²) in [5.74, 6) is -0.0348. The predicted octanol–water partition coefficient (Wildman–Crippen LogP) is -0.458. The number of nitrogens with zero attached hydrogens (tertiary/aromatic N) is 3. The zero-order valence-electron chi connectivity index (χ0n) is 13.1. The maximum atomic E-state index is 12.7. The van der Waals surface area contributed by atoms with E-state index >= 15 is 0 Å². The van der Waals surface area contributed by atoms with Crippen molar-refractivity contribution in [1.82, 2.24) is 19.8 Å². The predicted molar refractivity (Wildman–Crippen MR) is 81.1 cm³/mol. The van der Waals surface area contributed by atoms with Crippen LogP contribution in [0.5, 0.6) is 0 Å². The van der Waals surface area contributed by atoms with Crippen LogP contribution in [0.1, 0.15) is 29.0 Å². The molecule has 1 atom stereocenters. The number of aryl methyl sites for hydroxylation is 1. The fraction of sp³-hybridized carbons (Fsp3) is 0.600. The lowest BCUT2D eigenvalue weighted by molar-refractivity contribution is -0.139. The Morgan fingerprint density at radius 2 is 2.04 bits per heavy atom. The van der Waals surface area contributed by atoms with E-state index in [0.717, 1.165) is 6.42 Å². The van der Waals surface area contributed by atoms with E-state index < -0.39 is 17.5 Å². The van der Waals surface area contributed by atoms with Crippen molar-refractivity contribution in [1.29, 1.82) is 0 Å². The second kappa shape index (κ2) is 6.49. The number of likely N-dealkylation sites (tertiary alicyclic amines) is 1. The van der Waals surface area contributed by atoms with E-state index in [9.17, 15) is 14.4 Å². The SMILES string of the molecule is Cc1ncc(C(=O)N2CCCC2C(=O)N2CCOCC2)c(=O)[nH]1. The number of carbonyl (C=O) groups is 2. The molecule has 1 unspecified atom stereocenters. The first-order chi connectivity index (χ1) is 11.1. The van der Waals surface area contributed by atoms with Gasteiger partial charge in [-0.25, -0.2) is 4.98 Å². The van der Waals surface area contributed by atoms with Crippen LogP contribution in [0, 0.1) is 6.92 Å². The summed E-state index contributed by atoms with van der Waals surface area (Å²) in [4.78, 5) is 47.0. The molecular weight excluding hydrogens is 300 g/mol. The standard InChI is InChI=1S/C15H20N4O4/c1-10-16-9-11(13(20)17-10)14(21)19-4-2-3-12(19)15(22)18-5-7-23-8-6-18/h9,12H,2-8H2,1H3,(H,16,17,20). The number of amides is 2. The van der Waals surface area contributed by atoms with Crippen LogP contribution >= 0.6 is 0 Å². The summed E-state index contributed by atoms with van der Waals surface area (Å²) >= 11 is 0. The van der Waals surface area contributed by atoms with Crippen molar-refractivity contribution in [3.8, 4) is 0 Å². The highest BCUT2D eigenvalue weighted by Crippen LogP contribution is 2.21. The first kappa shape index (κ1) is 15.7. The van der Waals surface area contributed by atoms with Crippen molar-refractivity contribution in [2.75, 3.05) is 32.8 Å². The first-order valence-corrected chi connectivity index (χ1v) is 7.81. The summed E-state index contributed by atoms with van der Waals surface area (Å²) in [6.07, 6.45) is 2.66. The van der Waals surface area contributed by atoms with Crippen LogP contribution in [-0.2, 0) is 9.53 Å². The Morgan fingerprint density at radius 3 is 2.74 bits per heavy atom. The Hall–Kier alpha value is -2.22. The Balaban J connectivity index is 1.79. The highest BCUT2D eigenvalue weighted by molar-refractivity contribution is 5.97. The number of ether oxygens (including phenoxy) is 1. The number of morpholine rings is 1. The highest BCUT2D eigenvalue weighted by atomic mass is 16.5. The average Bonchev–Trinajstić information content (AvgIpc) is 3.04. The van der Waals surface area contributed by atoms with Crippen molar-refractivity contribution in [3.05, 3.63) is 27.9 Å². The Kier molecular flexibility index (Phi) is 4.42. The van der Waals surface area contributed by atoms with E-state index in [0.29, 0.717) is 45.1 Å². The second-order valence-electron chi connectivity index (χ2n) is 5.81. The zero-order chi connectivity index (χ0) is 16.4. The lowest BCUT2D eigenvalue weighted by Crippen LogP contribution is -2.51. The van der Waals surface area contributed by atoms with Gasteiger partial charge in [0.1, 0.15) is 17.4 Å². The normalized spacial score (nSPS) is 21.5. The molecule has 2 saturated heterocycles. The Morgan fingerprint density at radius 1 is 1.30 bits per heavy atom. The summed E-state index contributed by atoms with van der Waals surface area (Å²) in [6.45, 7) is 4.26. The van der Waals surface area contributed by atoms with E-state index in [1.54, 1.807) is 11.8 Å². The van der Waals surface area contributed by atoms with Gasteiger partial charge in [0.25, 0.3) is 11.5 Å². The third kappa shape index (κ3) is 3.12. The van der Waals surface area contributed by atoms with Gasteiger partial charge in [0, 0.05) is 25.8 Å². The molecule has 1 aromatic heterocycles. The molecule has 0 bridgehead atoms. The molecule has 23 heavy (non-hydrogen) atoms. The minimum absolute atomic E-state index is 0.0164. The van der Waals surface area contributed by atoms with Gasteiger partial charge in [0.2, 0.25) is 5.91 Å². The molecular formula is C15H20N4O4. The number of nitrogens with one attached hydrogen (secondary N) is 1. The number of hydrogen-bond acceptors (Lipinski definition) is 5. The number of aromatic amines is 1. The summed E-state index contributed by atoms with van der Waals surface area (Å²) in [7, 11) is 0.